The fourth-order valence-corrected chi connectivity index (χ4v) is 1.51. The van der Waals surface area contributed by atoms with E-state index in [4.69, 9.17) is 11.6 Å². The van der Waals surface area contributed by atoms with Crippen molar-refractivity contribution in [2.75, 3.05) is 0 Å². The molecule has 0 N–H and O–H groups in total. The van der Waals surface area contributed by atoms with Crippen molar-refractivity contribution in [3.63, 3.8) is 0 Å². The molecule has 0 amide bonds. The van der Waals surface area contributed by atoms with Crippen molar-refractivity contribution < 1.29 is 26.7 Å². The molecule has 1 aromatic carbocycles. The quantitative estimate of drug-likeness (QED) is 0.440. The van der Waals surface area contributed by atoms with Crippen LogP contribution >= 0.6 is 27.5 Å². The number of rotatable bonds is 2. The van der Waals surface area contributed by atoms with E-state index in [9.17, 15) is 26.7 Å². The zero-order valence-electron chi connectivity index (χ0n) is 7.79. The number of halogens is 7. The molecule has 0 aliphatic carbocycles. The highest BCUT2D eigenvalue weighted by Gasteiger charge is 2.38. The molecule has 0 atom stereocenters. The first-order valence-corrected chi connectivity index (χ1v) is 5.19. The third kappa shape index (κ3) is 3.38. The molecule has 0 fully saturated rings. The first-order chi connectivity index (χ1) is 7.53. The summed E-state index contributed by atoms with van der Waals surface area (Å²) in [5.41, 5.74) is -1.79. The average Bonchev–Trinajstić information content (AvgIpc) is 2.13. The average molecular weight is 337 g/mol. The normalized spacial score (nSPS) is 12.6. The van der Waals surface area contributed by atoms with Crippen LogP contribution in [0.5, 0.6) is 0 Å². The molecule has 0 unspecified atom stereocenters. The summed E-state index contributed by atoms with van der Waals surface area (Å²) in [6.07, 6.45) is -4.65. The standard InChI is InChI=1S/C9H3BrClF5O/c10-8(12,13)7(17)5-2-1-4(3-6(5)11)9(14,15)16/h1-3H. The topological polar surface area (TPSA) is 17.1 Å². The molecular weight excluding hydrogens is 334 g/mol. The van der Waals surface area contributed by atoms with Crippen molar-refractivity contribution in [2.45, 2.75) is 11.0 Å². The fourth-order valence-electron chi connectivity index (χ4n) is 1.03. The second-order valence-corrected chi connectivity index (χ2v) is 4.42. The number of carbonyl (C=O) groups is 1. The molecule has 0 saturated heterocycles. The first-order valence-electron chi connectivity index (χ1n) is 4.02. The van der Waals surface area contributed by atoms with Crippen LogP contribution in [0, 0.1) is 0 Å². The molecule has 1 aromatic rings. The lowest BCUT2D eigenvalue weighted by Crippen LogP contribution is -2.21. The summed E-state index contributed by atoms with van der Waals surface area (Å²) in [7, 11) is 0. The number of alkyl halides is 6. The van der Waals surface area contributed by atoms with Crippen LogP contribution < -0.4 is 0 Å². The van der Waals surface area contributed by atoms with Gasteiger partial charge in [-0.15, -0.1) is 0 Å². The number of ketones is 1. The van der Waals surface area contributed by atoms with E-state index in [1.807, 2.05) is 15.9 Å². The predicted octanol–water partition coefficient (Wildman–Crippen LogP) is 4.53. The van der Waals surface area contributed by atoms with E-state index in [-0.39, 0.29) is 0 Å². The highest BCUT2D eigenvalue weighted by atomic mass is 79.9. The zero-order valence-corrected chi connectivity index (χ0v) is 10.1. The highest BCUT2D eigenvalue weighted by Crippen LogP contribution is 2.34. The SMILES string of the molecule is O=C(c1ccc(C(F)(F)F)cc1Cl)C(F)(F)Br. The summed E-state index contributed by atoms with van der Waals surface area (Å²) >= 11 is 7.17. The third-order valence-corrected chi connectivity index (χ3v) is 2.47. The van der Waals surface area contributed by atoms with Gasteiger partial charge in [-0.2, -0.15) is 22.0 Å². The van der Waals surface area contributed by atoms with Crippen LogP contribution in [0.15, 0.2) is 18.2 Å². The van der Waals surface area contributed by atoms with Crippen LogP contribution in [0.25, 0.3) is 0 Å². The Hall–Kier alpha value is -0.690. The van der Waals surface area contributed by atoms with Crippen LogP contribution in [0.4, 0.5) is 22.0 Å². The van der Waals surface area contributed by atoms with E-state index in [2.05, 4.69) is 0 Å². The zero-order chi connectivity index (χ0) is 13.4. The second kappa shape index (κ2) is 4.53. The van der Waals surface area contributed by atoms with Crippen molar-refractivity contribution >= 4 is 33.3 Å². The molecule has 0 bridgehead atoms. The van der Waals surface area contributed by atoms with Gasteiger partial charge in [-0.1, -0.05) is 11.6 Å². The monoisotopic (exact) mass is 336 g/mol. The number of carbonyl (C=O) groups excluding carboxylic acids is 1. The molecule has 0 aromatic heterocycles. The van der Waals surface area contributed by atoms with E-state index in [1.54, 1.807) is 0 Å². The summed E-state index contributed by atoms with van der Waals surface area (Å²) in [5.74, 6) is -1.70. The van der Waals surface area contributed by atoms with Gasteiger partial charge in [-0.3, -0.25) is 4.79 Å². The van der Waals surface area contributed by atoms with E-state index >= 15 is 0 Å². The largest absolute Gasteiger partial charge is 0.416 e. The summed E-state index contributed by atoms with van der Waals surface area (Å²) in [6.45, 7) is 0. The lowest BCUT2D eigenvalue weighted by molar-refractivity contribution is -0.137. The molecule has 94 valence electrons. The smallest absolute Gasteiger partial charge is 0.286 e. The van der Waals surface area contributed by atoms with Gasteiger partial charge in [0.15, 0.2) is 0 Å². The lowest BCUT2D eigenvalue weighted by Gasteiger charge is -2.11. The molecular formula is C9H3BrClF5O. The molecule has 0 heterocycles. The molecule has 0 spiro atoms. The number of hydrogen-bond donors (Lipinski definition) is 0. The number of benzene rings is 1. The molecule has 0 aliphatic rings. The first kappa shape index (κ1) is 14.4. The van der Waals surface area contributed by atoms with Crippen molar-refractivity contribution in [3.8, 4) is 0 Å². The summed E-state index contributed by atoms with van der Waals surface area (Å²) in [4.78, 5) is 7.22. The van der Waals surface area contributed by atoms with Gasteiger partial charge in [0, 0.05) is 5.56 Å². The third-order valence-electron chi connectivity index (χ3n) is 1.80. The summed E-state index contributed by atoms with van der Waals surface area (Å²) in [5, 5.41) is -0.677. The molecule has 1 nitrogen and oxygen atoms in total. The van der Waals surface area contributed by atoms with E-state index in [0.29, 0.717) is 18.2 Å². The van der Waals surface area contributed by atoms with Crippen LogP contribution in [-0.4, -0.2) is 10.6 Å². The Bertz CT molecular complexity index is 452. The maximum atomic E-state index is 12.6. The Balaban J connectivity index is 3.20. The molecule has 1 rings (SSSR count). The Labute approximate surface area is 106 Å². The van der Waals surface area contributed by atoms with Crippen molar-refractivity contribution in [2.24, 2.45) is 0 Å². The van der Waals surface area contributed by atoms with Crippen LogP contribution in [-0.2, 0) is 6.18 Å². The minimum atomic E-state index is -4.65. The minimum Gasteiger partial charge on any atom is -0.286 e. The van der Waals surface area contributed by atoms with Gasteiger partial charge in [-0.25, -0.2) is 0 Å². The Morgan fingerprint density at radius 1 is 1.18 bits per heavy atom. The van der Waals surface area contributed by atoms with Crippen molar-refractivity contribution in [1.82, 2.24) is 0 Å². The van der Waals surface area contributed by atoms with Gasteiger partial charge < -0.3 is 0 Å². The van der Waals surface area contributed by atoms with Crippen LogP contribution in [0.1, 0.15) is 15.9 Å². The Morgan fingerprint density at radius 3 is 2.06 bits per heavy atom. The molecule has 0 saturated carbocycles. The summed E-state index contributed by atoms with van der Waals surface area (Å²) < 4.78 is 61.9. The minimum absolute atomic E-state index is 0.424. The lowest BCUT2D eigenvalue weighted by atomic mass is 10.1. The van der Waals surface area contributed by atoms with Crippen LogP contribution in [0.3, 0.4) is 0 Å². The van der Waals surface area contributed by atoms with Crippen molar-refractivity contribution in [1.29, 1.82) is 0 Å². The number of hydrogen-bond acceptors (Lipinski definition) is 1. The number of Topliss-reactive ketones (excluding diaryl/α,β-unsaturated/α-hetero) is 1. The van der Waals surface area contributed by atoms with Gasteiger partial charge >= 0.3 is 11.0 Å². The second-order valence-electron chi connectivity index (χ2n) is 3.02. The van der Waals surface area contributed by atoms with E-state index in [0.717, 1.165) is 0 Å². The van der Waals surface area contributed by atoms with Gasteiger partial charge in [0.1, 0.15) is 0 Å². The Morgan fingerprint density at radius 2 is 1.71 bits per heavy atom. The van der Waals surface area contributed by atoms with Gasteiger partial charge in [-0.05, 0) is 34.1 Å². The molecule has 0 aliphatic heterocycles. The van der Waals surface area contributed by atoms with Gasteiger partial charge in [0.25, 0.3) is 0 Å². The molecule has 0 radical (unpaired) electrons. The van der Waals surface area contributed by atoms with Gasteiger partial charge in [0.05, 0.1) is 10.6 Å². The van der Waals surface area contributed by atoms with Crippen molar-refractivity contribution in [3.05, 3.63) is 34.3 Å². The summed E-state index contributed by atoms with van der Waals surface area (Å²) in [6, 6.07) is 1.55. The molecule has 8 heteroatoms. The Kier molecular flexibility index (Phi) is 3.83. The predicted molar refractivity (Wildman–Crippen MR) is 54.7 cm³/mol. The fraction of sp³-hybridized carbons (Fsp3) is 0.222. The van der Waals surface area contributed by atoms with E-state index in [1.165, 1.54) is 0 Å². The van der Waals surface area contributed by atoms with Gasteiger partial charge in [0.2, 0.25) is 5.78 Å². The molecule has 17 heavy (non-hydrogen) atoms. The van der Waals surface area contributed by atoms with Crippen LogP contribution in [0.2, 0.25) is 5.02 Å². The van der Waals surface area contributed by atoms with E-state index < -0.39 is 32.9 Å². The maximum Gasteiger partial charge on any atom is 0.416 e. The highest BCUT2D eigenvalue weighted by molar-refractivity contribution is 9.10. The maximum absolute atomic E-state index is 12.6.